The normalized spacial score (nSPS) is 12.1. The summed E-state index contributed by atoms with van der Waals surface area (Å²) in [6.45, 7) is 0. The van der Waals surface area contributed by atoms with Crippen LogP contribution in [-0.2, 0) is 0 Å². The summed E-state index contributed by atoms with van der Waals surface area (Å²) in [5.41, 5.74) is 13.3. The molecule has 78 heavy (non-hydrogen) atoms. The summed E-state index contributed by atoms with van der Waals surface area (Å²) in [7, 11) is 0. The van der Waals surface area contributed by atoms with E-state index in [9.17, 15) is 0 Å². The van der Waals surface area contributed by atoms with Crippen LogP contribution in [-0.4, -0.2) is 33.2 Å². The van der Waals surface area contributed by atoms with Gasteiger partial charge in [0.05, 0.1) is 61.2 Å². The summed E-state index contributed by atoms with van der Waals surface area (Å²) >= 11 is 0. The smallest absolute Gasteiger partial charge is 0.235 e. The molecule has 0 saturated heterocycles. The molecule has 0 bridgehead atoms. The number of para-hydroxylation sites is 6. The van der Waals surface area contributed by atoms with Crippen LogP contribution in [0.2, 0.25) is 0 Å². The predicted octanol–water partition coefficient (Wildman–Crippen LogP) is 17.9. The third-order valence-electron chi connectivity index (χ3n) is 16.1. The molecule has 0 aliphatic heterocycles. The molecule has 7 nitrogen and oxygen atoms in total. The summed E-state index contributed by atoms with van der Waals surface area (Å²) in [4.78, 5) is 16.9. The van der Waals surface area contributed by atoms with Crippen LogP contribution in [0.25, 0.3) is 155 Å². The SMILES string of the molecule is c1ccc2cc(-c3cc(-c4ccc5ccccc5c4)nc(-n4c5ccccc5c5ccc6c(c7ccccc7n6-c6cc(-n7c8ccccc8c8ccccc87)nc(-n7c8ccccc8c8ccccc87)c6)c54)n3)ccc2c1. The quantitative estimate of drug-likeness (QED) is 0.167. The Labute approximate surface area is 446 Å². The maximum absolute atomic E-state index is 5.71. The molecular weight excluding hydrogens is 951 g/mol. The van der Waals surface area contributed by atoms with E-state index in [1.165, 1.54) is 32.3 Å². The summed E-state index contributed by atoms with van der Waals surface area (Å²) < 4.78 is 9.43. The van der Waals surface area contributed by atoms with Gasteiger partial charge in [0.25, 0.3) is 0 Å². The highest BCUT2D eigenvalue weighted by Gasteiger charge is 2.25. The molecule has 11 aromatic carbocycles. The molecule has 0 saturated carbocycles. The van der Waals surface area contributed by atoms with Crippen LogP contribution in [0.3, 0.4) is 0 Å². The Bertz CT molecular complexity index is 5020. The summed E-state index contributed by atoms with van der Waals surface area (Å²) in [5, 5.41) is 13.9. The third-order valence-corrected chi connectivity index (χ3v) is 16.1. The van der Waals surface area contributed by atoms with Crippen LogP contribution >= 0.6 is 0 Å². The van der Waals surface area contributed by atoms with E-state index < -0.39 is 0 Å². The van der Waals surface area contributed by atoms with Crippen LogP contribution in [0, 0.1) is 0 Å². The van der Waals surface area contributed by atoms with E-state index in [2.05, 4.69) is 279 Å². The highest BCUT2D eigenvalue weighted by Crippen LogP contribution is 2.44. The van der Waals surface area contributed by atoms with Crippen molar-refractivity contribution >= 4 is 109 Å². The van der Waals surface area contributed by atoms with Gasteiger partial charge in [-0.25, -0.2) is 15.0 Å². The minimum Gasteiger partial charge on any atom is -0.309 e. The molecule has 17 aromatic rings. The standard InChI is InChI=1S/C71H43N7/c1-3-19-46-39-48(35-33-44(46)17-1)58-43-59(49-36-34-45-18-2-4-20-47(45)40-49)73-71(72-58)78-64-31-15-9-25-55(64)56-37-38-66-69(70(56)78)57-26-10-16-32-65(57)75(66)50-41-67(76-60-27-11-5-21-51(60)52-22-6-12-28-61(52)76)74-68(42-50)77-62-29-13-7-23-53(62)54-24-8-14-30-63(54)77/h1-43H. The number of aromatic nitrogens is 7. The highest BCUT2D eigenvalue weighted by atomic mass is 15.2. The number of hydrogen-bond donors (Lipinski definition) is 0. The molecule has 0 aliphatic rings. The molecule has 0 spiro atoms. The Morgan fingerprint density at radius 3 is 1.10 bits per heavy atom. The first-order chi connectivity index (χ1) is 38.7. The zero-order chi connectivity index (χ0) is 51.0. The molecule has 0 amide bonds. The molecule has 362 valence electrons. The minimum absolute atomic E-state index is 0.602. The third kappa shape index (κ3) is 6.24. The molecule has 0 unspecified atom stereocenters. The van der Waals surface area contributed by atoms with Crippen molar-refractivity contribution in [2.24, 2.45) is 0 Å². The van der Waals surface area contributed by atoms with Gasteiger partial charge in [0.1, 0.15) is 11.6 Å². The van der Waals surface area contributed by atoms with E-state index in [0.717, 1.165) is 116 Å². The van der Waals surface area contributed by atoms with Gasteiger partial charge in [-0.3, -0.25) is 13.7 Å². The average Bonchev–Trinajstić information content (AvgIpc) is 4.35. The monoisotopic (exact) mass is 993 g/mol. The average molecular weight is 994 g/mol. The number of hydrogen-bond acceptors (Lipinski definition) is 3. The predicted molar refractivity (Wildman–Crippen MR) is 323 cm³/mol. The van der Waals surface area contributed by atoms with E-state index in [1.54, 1.807) is 0 Å². The van der Waals surface area contributed by atoms with Gasteiger partial charge in [0, 0.05) is 66.3 Å². The van der Waals surface area contributed by atoms with E-state index in [4.69, 9.17) is 15.0 Å². The molecule has 0 radical (unpaired) electrons. The maximum Gasteiger partial charge on any atom is 0.235 e. The second-order valence-corrected chi connectivity index (χ2v) is 20.4. The molecule has 6 aromatic heterocycles. The van der Waals surface area contributed by atoms with Crippen molar-refractivity contribution < 1.29 is 0 Å². The number of nitrogens with zero attached hydrogens (tertiary/aromatic N) is 7. The van der Waals surface area contributed by atoms with Crippen LogP contribution in [0.5, 0.6) is 0 Å². The second kappa shape index (κ2) is 16.4. The van der Waals surface area contributed by atoms with Crippen molar-refractivity contribution in [1.29, 1.82) is 0 Å². The Morgan fingerprint density at radius 1 is 0.244 bits per heavy atom. The van der Waals surface area contributed by atoms with Crippen LogP contribution in [0.15, 0.2) is 261 Å². The molecular formula is C71H43N7. The van der Waals surface area contributed by atoms with Crippen molar-refractivity contribution in [3.63, 3.8) is 0 Å². The van der Waals surface area contributed by atoms with Crippen molar-refractivity contribution in [3.8, 4) is 45.8 Å². The lowest BCUT2D eigenvalue weighted by Crippen LogP contribution is -2.07. The number of pyridine rings is 1. The lowest BCUT2D eigenvalue weighted by molar-refractivity contribution is 0.996. The van der Waals surface area contributed by atoms with Gasteiger partial charge in [0.2, 0.25) is 5.95 Å². The van der Waals surface area contributed by atoms with Crippen LogP contribution in [0.4, 0.5) is 0 Å². The van der Waals surface area contributed by atoms with Crippen molar-refractivity contribution in [2.75, 3.05) is 0 Å². The lowest BCUT2D eigenvalue weighted by Gasteiger charge is -2.16. The van der Waals surface area contributed by atoms with Gasteiger partial charge in [-0.15, -0.1) is 0 Å². The number of benzene rings is 11. The van der Waals surface area contributed by atoms with E-state index >= 15 is 0 Å². The second-order valence-electron chi connectivity index (χ2n) is 20.4. The molecule has 6 heterocycles. The van der Waals surface area contributed by atoms with E-state index in [0.29, 0.717) is 5.95 Å². The van der Waals surface area contributed by atoms with Gasteiger partial charge < -0.3 is 4.57 Å². The summed E-state index contributed by atoms with van der Waals surface area (Å²) in [6, 6.07) is 93.8. The molecule has 0 aliphatic carbocycles. The first kappa shape index (κ1) is 42.7. The van der Waals surface area contributed by atoms with Gasteiger partial charge in [-0.1, -0.05) is 188 Å². The fraction of sp³-hybridized carbons (Fsp3) is 0. The summed E-state index contributed by atoms with van der Waals surface area (Å²) in [5.74, 6) is 2.25. The molecule has 0 N–H and O–H groups in total. The van der Waals surface area contributed by atoms with Gasteiger partial charge in [0.15, 0.2) is 0 Å². The van der Waals surface area contributed by atoms with E-state index in [1.807, 2.05) is 0 Å². The van der Waals surface area contributed by atoms with Crippen molar-refractivity contribution in [2.45, 2.75) is 0 Å². The zero-order valence-electron chi connectivity index (χ0n) is 42.0. The fourth-order valence-electron chi connectivity index (χ4n) is 12.7. The topological polar surface area (TPSA) is 58.4 Å². The zero-order valence-corrected chi connectivity index (χ0v) is 42.0. The van der Waals surface area contributed by atoms with Crippen molar-refractivity contribution in [1.82, 2.24) is 33.2 Å². The van der Waals surface area contributed by atoms with Gasteiger partial charge in [-0.2, -0.15) is 0 Å². The van der Waals surface area contributed by atoms with E-state index in [-0.39, 0.29) is 0 Å². The number of fused-ring (bicyclic) bond motifs is 15. The lowest BCUT2D eigenvalue weighted by atomic mass is 10.0. The number of rotatable bonds is 6. The van der Waals surface area contributed by atoms with Crippen LogP contribution in [0.1, 0.15) is 0 Å². The van der Waals surface area contributed by atoms with Crippen LogP contribution < -0.4 is 0 Å². The van der Waals surface area contributed by atoms with Crippen molar-refractivity contribution in [3.05, 3.63) is 261 Å². The highest BCUT2D eigenvalue weighted by molar-refractivity contribution is 6.26. The molecule has 17 rings (SSSR count). The minimum atomic E-state index is 0.602. The fourth-order valence-corrected chi connectivity index (χ4v) is 12.7. The Morgan fingerprint density at radius 2 is 0.628 bits per heavy atom. The summed E-state index contributed by atoms with van der Waals surface area (Å²) in [6.07, 6.45) is 0. The molecule has 0 atom stereocenters. The van der Waals surface area contributed by atoms with Gasteiger partial charge >= 0.3 is 0 Å². The maximum atomic E-state index is 5.71. The Hall–Kier alpha value is -10.6. The largest absolute Gasteiger partial charge is 0.309 e. The Kier molecular flexibility index (Phi) is 9.00. The molecule has 7 heteroatoms. The Balaban J connectivity index is 0.979. The van der Waals surface area contributed by atoms with Gasteiger partial charge in [-0.05, 0) is 82.2 Å². The molecule has 0 fully saturated rings. The first-order valence-electron chi connectivity index (χ1n) is 26.5. The first-order valence-corrected chi connectivity index (χ1v) is 26.5.